The van der Waals surface area contributed by atoms with Gasteiger partial charge in [0, 0.05) is 22.0 Å². The molecule has 26 heavy (non-hydrogen) atoms. The van der Waals surface area contributed by atoms with Gasteiger partial charge >= 0.3 is 0 Å². The number of hydrogen-bond donors (Lipinski definition) is 0. The summed E-state index contributed by atoms with van der Waals surface area (Å²) in [7, 11) is 0. The van der Waals surface area contributed by atoms with Gasteiger partial charge in [-0.05, 0) is 36.4 Å². The van der Waals surface area contributed by atoms with Gasteiger partial charge in [-0.25, -0.2) is 4.99 Å². The summed E-state index contributed by atoms with van der Waals surface area (Å²) in [6, 6.07) is 22.5. The molecule has 0 aliphatic carbocycles. The van der Waals surface area contributed by atoms with Crippen molar-refractivity contribution >= 4 is 51.5 Å². The van der Waals surface area contributed by atoms with E-state index in [4.69, 9.17) is 44.2 Å². The number of hydrogen-bond acceptors (Lipinski definition) is 2. The van der Waals surface area contributed by atoms with Crippen LogP contribution in [0.5, 0.6) is 0 Å². The molecular formula is C21H12Cl3NO. The fraction of sp³-hybridized carbons (Fsp3) is 0. The normalized spacial score (nSPS) is 11.9. The molecule has 128 valence electrons. The zero-order valence-corrected chi connectivity index (χ0v) is 15.7. The monoisotopic (exact) mass is 399 g/mol. The molecule has 0 N–H and O–H groups in total. The third kappa shape index (κ3) is 3.49. The lowest BCUT2D eigenvalue weighted by atomic mass is 10.1. The van der Waals surface area contributed by atoms with E-state index < -0.39 is 0 Å². The van der Waals surface area contributed by atoms with E-state index >= 15 is 0 Å². The van der Waals surface area contributed by atoms with Crippen LogP contribution in [0.3, 0.4) is 0 Å². The third-order valence-electron chi connectivity index (χ3n) is 3.92. The van der Waals surface area contributed by atoms with E-state index in [1.54, 1.807) is 18.2 Å². The van der Waals surface area contributed by atoms with Crippen LogP contribution in [0, 0.1) is 0 Å². The molecule has 1 heterocycles. The Morgan fingerprint density at radius 1 is 0.731 bits per heavy atom. The second-order valence-electron chi connectivity index (χ2n) is 5.71. The lowest BCUT2D eigenvalue weighted by molar-refractivity contribution is 0.618. The zero-order chi connectivity index (χ0) is 18.1. The molecule has 0 fully saturated rings. The molecule has 2 nitrogen and oxygen atoms in total. The maximum atomic E-state index is 6.17. The van der Waals surface area contributed by atoms with E-state index in [-0.39, 0.29) is 0 Å². The van der Waals surface area contributed by atoms with Gasteiger partial charge in [0.2, 0.25) is 0 Å². The van der Waals surface area contributed by atoms with Crippen molar-refractivity contribution in [1.29, 1.82) is 0 Å². The largest absolute Gasteiger partial charge is 0.456 e. The molecule has 4 rings (SSSR count). The summed E-state index contributed by atoms with van der Waals surface area (Å²) in [5, 5.41) is 3.13. The zero-order valence-electron chi connectivity index (χ0n) is 13.4. The molecule has 0 bridgehead atoms. The smallest absolute Gasteiger partial charge is 0.136 e. The molecule has 0 spiro atoms. The van der Waals surface area contributed by atoms with E-state index in [1.807, 2.05) is 54.6 Å². The topological polar surface area (TPSA) is 25.5 Å². The standard InChI is InChI=1S/C21H12Cl3NO/c22-14-6-9-20-16(10-14)19(25-15-7-8-17(23)18(24)11-15)12-21(26-20)13-4-2-1-3-5-13/h1-12H. The summed E-state index contributed by atoms with van der Waals surface area (Å²) >= 11 is 18.3. The maximum absolute atomic E-state index is 6.17. The highest BCUT2D eigenvalue weighted by Crippen LogP contribution is 2.28. The minimum atomic E-state index is 0.458. The summed E-state index contributed by atoms with van der Waals surface area (Å²) in [4.78, 5) is 4.74. The fourth-order valence-electron chi connectivity index (χ4n) is 2.67. The van der Waals surface area contributed by atoms with Crippen molar-refractivity contribution in [3.05, 3.63) is 93.2 Å². The molecule has 0 unspecified atom stereocenters. The van der Waals surface area contributed by atoms with Gasteiger partial charge < -0.3 is 4.42 Å². The molecule has 0 aliphatic rings. The van der Waals surface area contributed by atoms with Gasteiger partial charge in [-0.15, -0.1) is 0 Å². The molecule has 4 aromatic rings. The first-order valence-corrected chi connectivity index (χ1v) is 9.02. The van der Waals surface area contributed by atoms with E-state index in [1.165, 1.54) is 0 Å². The Balaban J connectivity index is 2.00. The van der Waals surface area contributed by atoms with E-state index in [0.29, 0.717) is 26.3 Å². The van der Waals surface area contributed by atoms with Crippen molar-refractivity contribution in [2.24, 2.45) is 4.99 Å². The number of fused-ring (bicyclic) bond motifs is 1. The van der Waals surface area contributed by atoms with Gasteiger partial charge in [-0.1, -0.05) is 65.1 Å². The average Bonchev–Trinajstić information content (AvgIpc) is 2.65. The van der Waals surface area contributed by atoms with Gasteiger partial charge in [0.25, 0.3) is 0 Å². The summed E-state index contributed by atoms with van der Waals surface area (Å²) in [6.07, 6.45) is 0. The Labute approximate surface area is 165 Å². The lowest BCUT2D eigenvalue weighted by Gasteiger charge is -2.06. The summed E-state index contributed by atoms with van der Waals surface area (Å²) < 4.78 is 6.06. The van der Waals surface area contributed by atoms with Crippen LogP contribution in [-0.4, -0.2) is 0 Å². The Kier molecular flexibility index (Phi) is 4.73. The number of halogens is 3. The quantitative estimate of drug-likeness (QED) is 0.347. The Morgan fingerprint density at radius 3 is 2.31 bits per heavy atom. The molecular weight excluding hydrogens is 389 g/mol. The maximum Gasteiger partial charge on any atom is 0.136 e. The molecule has 5 heteroatoms. The molecule has 0 aliphatic heterocycles. The van der Waals surface area contributed by atoms with Gasteiger partial charge in [-0.3, -0.25) is 0 Å². The van der Waals surface area contributed by atoms with Crippen LogP contribution >= 0.6 is 34.8 Å². The highest BCUT2D eigenvalue weighted by atomic mass is 35.5. The van der Waals surface area contributed by atoms with E-state index in [2.05, 4.69) is 0 Å². The van der Waals surface area contributed by atoms with Gasteiger partial charge in [-0.2, -0.15) is 0 Å². The van der Waals surface area contributed by atoms with Crippen LogP contribution in [-0.2, 0) is 0 Å². The van der Waals surface area contributed by atoms with Crippen molar-refractivity contribution in [3.8, 4) is 11.3 Å². The predicted octanol–water partition coefficient (Wildman–Crippen LogP) is 7.29. The van der Waals surface area contributed by atoms with Crippen LogP contribution in [0.1, 0.15) is 0 Å². The van der Waals surface area contributed by atoms with E-state index in [0.717, 1.165) is 22.1 Å². The summed E-state index contributed by atoms with van der Waals surface area (Å²) in [6.45, 7) is 0. The van der Waals surface area contributed by atoms with Crippen LogP contribution in [0.4, 0.5) is 5.69 Å². The molecule has 0 atom stereocenters. The van der Waals surface area contributed by atoms with Crippen molar-refractivity contribution in [2.45, 2.75) is 0 Å². The molecule has 3 aromatic carbocycles. The van der Waals surface area contributed by atoms with Crippen LogP contribution in [0.2, 0.25) is 15.1 Å². The van der Waals surface area contributed by atoms with Crippen molar-refractivity contribution in [1.82, 2.24) is 0 Å². The number of rotatable bonds is 2. The van der Waals surface area contributed by atoms with Crippen molar-refractivity contribution in [3.63, 3.8) is 0 Å². The number of benzene rings is 3. The highest BCUT2D eigenvalue weighted by Gasteiger charge is 2.07. The lowest BCUT2D eigenvalue weighted by Crippen LogP contribution is -2.03. The first-order chi connectivity index (χ1) is 12.6. The SMILES string of the molecule is Clc1ccc2oc(-c3ccccc3)cc(=Nc3ccc(Cl)c(Cl)c3)c2c1. The van der Waals surface area contributed by atoms with Gasteiger partial charge in [0.15, 0.2) is 0 Å². The molecule has 0 saturated carbocycles. The Hall–Kier alpha value is -2.26. The van der Waals surface area contributed by atoms with Gasteiger partial charge in [0.05, 0.1) is 21.1 Å². The Bertz CT molecular complexity index is 1170. The van der Waals surface area contributed by atoms with Crippen molar-refractivity contribution < 1.29 is 4.42 Å². The van der Waals surface area contributed by atoms with Crippen LogP contribution < -0.4 is 5.36 Å². The fourth-order valence-corrected chi connectivity index (χ4v) is 3.14. The first kappa shape index (κ1) is 17.2. The van der Waals surface area contributed by atoms with Crippen molar-refractivity contribution in [2.75, 3.05) is 0 Å². The third-order valence-corrected chi connectivity index (χ3v) is 4.89. The predicted molar refractivity (Wildman–Crippen MR) is 108 cm³/mol. The second kappa shape index (κ2) is 7.16. The molecule has 0 amide bonds. The average molecular weight is 401 g/mol. The summed E-state index contributed by atoms with van der Waals surface area (Å²) in [5.74, 6) is 0.722. The molecule has 1 aromatic heterocycles. The van der Waals surface area contributed by atoms with Gasteiger partial charge in [0.1, 0.15) is 11.3 Å². The first-order valence-electron chi connectivity index (χ1n) is 7.89. The Morgan fingerprint density at radius 2 is 1.54 bits per heavy atom. The van der Waals surface area contributed by atoms with Crippen LogP contribution in [0.25, 0.3) is 22.3 Å². The molecule has 0 radical (unpaired) electrons. The minimum absolute atomic E-state index is 0.458. The number of nitrogens with zero attached hydrogens (tertiary/aromatic N) is 1. The summed E-state index contributed by atoms with van der Waals surface area (Å²) in [5.41, 5.74) is 2.37. The second-order valence-corrected chi connectivity index (χ2v) is 6.96. The van der Waals surface area contributed by atoms with Crippen LogP contribution in [0.15, 0.2) is 82.2 Å². The highest BCUT2D eigenvalue weighted by molar-refractivity contribution is 6.42. The minimum Gasteiger partial charge on any atom is -0.456 e. The molecule has 0 saturated heterocycles. The van der Waals surface area contributed by atoms with E-state index in [9.17, 15) is 0 Å².